The highest BCUT2D eigenvalue weighted by Gasteiger charge is 2.22. The molecule has 0 unspecified atom stereocenters. The first-order valence-electron chi connectivity index (χ1n) is 6.58. The van der Waals surface area contributed by atoms with Crippen LogP contribution in [-0.2, 0) is 14.8 Å². The van der Waals surface area contributed by atoms with Gasteiger partial charge in [-0.1, -0.05) is 12.1 Å². The van der Waals surface area contributed by atoms with Crippen LogP contribution in [0.25, 0.3) is 0 Å². The fourth-order valence-electron chi connectivity index (χ4n) is 1.94. The van der Waals surface area contributed by atoms with Crippen molar-refractivity contribution in [1.82, 2.24) is 0 Å². The topological polar surface area (TPSA) is 74.7 Å². The summed E-state index contributed by atoms with van der Waals surface area (Å²) in [6.45, 7) is 5.57. The smallest absolute Gasteiger partial charge is 0.303 e. The standard InChI is InChI=1S/C14H21NO4S/c1-4-20(18,19)15(10-6-9-14(16)17)13-8-5-7-11(2)12(13)3/h5,7-8H,4,6,9-10H2,1-3H3,(H,16,17). The van der Waals surface area contributed by atoms with Crippen LogP contribution in [0.3, 0.4) is 0 Å². The number of carbonyl (C=O) groups is 1. The highest BCUT2D eigenvalue weighted by Crippen LogP contribution is 2.25. The average molecular weight is 299 g/mol. The Labute approximate surface area is 120 Å². The second-order valence-corrected chi connectivity index (χ2v) is 6.87. The number of hydrogen-bond acceptors (Lipinski definition) is 3. The molecule has 0 aliphatic rings. The lowest BCUT2D eigenvalue weighted by Gasteiger charge is -2.26. The van der Waals surface area contributed by atoms with Crippen molar-refractivity contribution in [3.05, 3.63) is 29.3 Å². The van der Waals surface area contributed by atoms with Gasteiger partial charge in [0.2, 0.25) is 10.0 Å². The molecule has 1 N–H and O–H groups in total. The lowest BCUT2D eigenvalue weighted by molar-refractivity contribution is -0.137. The van der Waals surface area contributed by atoms with Crippen LogP contribution in [0.5, 0.6) is 0 Å². The van der Waals surface area contributed by atoms with Gasteiger partial charge in [0.05, 0.1) is 11.4 Å². The Morgan fingerprint density at radius 1 is 1.30 bits per heavy atom. The number of benzene rings is 1. The monoisotopic (exact) mass is 299 g/mol. The molecule has 0 saturated heterocycles. The second-order valence-electron chi connectivity index (χ2n) is 4.69. The predicted molar refractivity (Wildman–Crippen MR) is 79.6 cm³/mol. The van der Waals surface area contributed by atoms with E-state index in [1.165, 1.54) is 4.31 Å². The van der Waals surface area contributed by atoms with Crippen molar-refractivity contribution in [1.29, 1.82) is 0 Å². The quantitative estimate of drug-likeness (QED) is 0.838. The third kappa shape index (κ3) is 3.96. The molecule has 0 aliphatic carbocycles. The van der Waals surface area contributed by atoms with E-state index in [1.54, 1.807) is 13.0 Å². The van der Waals surface area contributed by atoms with Gasteiger partial charge in [-0.2, -0.15) is 0 Å². The van der Waals surface area contributed by atoms with Gasteiger partial charge in [-0.3, -0.25) is 9.10 Å². The zero-order valence-electron chi connectivity index (χ0n) is 12.1. The molecule has 0 aromatic heterocycles. The second kappa shape index (κ2) is 6.74. The molecule has 0 amide bonds. The molecule has 6 heteroatoms. The maximum atomic E-state index is 12.2. The Hall–Kier alpha value is -1.56. The fraction of sp³-hybridized carbons (Fsp3) is 0.500. The van der Waals surface area contributed by atoms with Gasteiger partial charge in [0, 0.05) is 13.0 Å². The molecule has 0 aliphatic heterocycles. The summed E-state index contributed by atoms with van der Waals surface area (Å²) in [4.78, 5) is 10.6. The van der Waals surface area contributed by atoms with Gasteiger partial charge in [0.25, 0.3) is 0 Å². The van der Waals surface area contributed by atoms with Gasteiger partial charge < -0.3 is 5.11 Å². The molecule has 112 valence electrons. The molecule has 1 aromatic carbocycles. The summed E-state index contributed by atoms with van der Waals surface area (Å²) >= 11 is 0. The number of aliphatic carboxylic acids is 1. The summed E-state index contributed by atoms with van der Waals surface area (Å²) < 4.78 is 25.8. The molecule has 0 saturated carbocycles. The summed E-state index contributed by atoms with van der Waals surface area (Å²) in [7, 11) is -3.41. The first kappa shape index (κ1) is 16.5. The number of aryl methyl sites for hydroxylation is 1. The number of carboxylic acids is 1. The SMILES string of the molecule is CCS(=O)(=O)N(CCCC(=O)O)c1cccc(C)c1C. The largest absolute Gasteiger partial charge is 0.481 e. The molecule has 1 aromatic rings. The van der Waals surface area contributed by atoms with Crippen molar-refractivity contribution in [3.8, 4) is 0 Å². The van der Waals surface area contributed by atoms with E-state index in [-0.39, 0.29) is 18.7 Å². The van der Waals surface area contributed by atoms with Crippen LogP contribution in [0.1, 0.15) is 30.9 Å². The Kier molecular flexibility index (Phi) is 5.56. The number of anilines is 1. The minimum Gasteiger partial charge on any atom is -0.481 e. The Morgan fingerprint density at radius 3 is 2.50 bits per heavy atom. The molecular formula is C14H21NO4S. The predicted octanol–water partition coefficient (Wildman–Crippen LogP) is 2.32. The lowest BCUT2D eigenvalue weighted by atomic mass is 10.1. The van der Waals surface area contributed by atoms with Crippen molar-refractivity contribution in [2.75, 3.05) is 16.6 Å². The molecule has 0 radical (unpaired) electrons. The fourth-order valence-corrected chi connectivity index (χ4v) is 3.16. The van der Waals surface area contributed by atoms with Crippen molar-refractivity contribution in [2.24, 2.45) is 0 Å². The molecule has 0 fully saturated rings. The molecular weight excluding hydrogens is 278 g/mol. The average Bonchev–Trinajstić information content (AvgIpc) is 2.38. The summed E-state index contributed by atoms with van der Waals surface area (Å²) in [6, 6.07) is 5.50. The minimum atomic E-state index is -3.41. The van der Waals surface area contributed by atoms with E-state index in [4.69, 9.17) is 5.11 Å². The van der Waals surface area contributed by atoms with Gasteiger partial charge in [-0.15, -0.1) is 0 Å². The molecule has 20 heavy (non-hydrogen) atoms. The molecule has 0 spiro atoms. The molecule has 0 heterocycles. The van der Waals surface area contributed by atoms with Crippen LogP contribution in [0.15, 0.2) is 18.2 Å². The Morgan fingerprint density at radius 2 is 1.95 bits per heavy atom. The number of carboxylic acid groups (broad SMARTS) is 1. The number of nitrogens with zero attached hydrogens (tertiary/aromatic N) is 1. The van der Waals surface area contributed by atoms with Gasteiger partial charge in [0.1, 0.15) is 0 Å². The van der Waals surface area contributed by atoms with Crippen LogP contribution in [0, 0.1) is 13.8 Å². The summed E-state index contributed by atoms with van der Waals surface area (Å²) in [5, 5.41) is 8.69. The minimum absolute atomic E-state index is 0.00649. The molecule has 0 bridgehead atoms. The van der Waals surface area contributed by atoms with Crippen molar-refractivity contribution >= 4 is 21.7 Å². The van der Waals surface area contributed by atoms with Crippen LogP contribution < -0.4 is 4.31 Å². The zero-order valence-corrected chi connectivity index (χ0v) is 12.9. The van der Waals surface area contributed by atoms with Crippen LogP contribution >= 0.6 is 0 Å². The third-order valence-electron chi connectivity index (χ3n) is 3.30. The summed E-state index contributed by atoms with van der Waals surface area (Å²) in [5.41, 5.74) is 2.55. The summed E-state index contributed by atoms with van der Waals surface area (Å²) in [5.74, 6) is -0.923. The third-order valence-corrected chi connectivity index (χ3v) is 5.08. The van der Waals surface area contributed by atoms with E-state index >= 15 is 0 Å². The highest BCUT2D eigenvalue weighted by atomic mass is 32.2. The van der Waals surface area contributed by atoms with E-state index < -0.39 is 16.0 Å². The van der Waals surface area contributed by atoms with E-state index in [2.05, 4.69) is 0 Å². The van der Waals surface area contributed by atoms with E-state index in [1.807, 2.05) is 26.0 Å². The van der Waals surface area contributed by atoms with Crippen LogP contribution in [-0.4, -0.2) is 31.8 Å². The number of rotatable bonds is 7. The zero-order chi connectivity index (χ0) is 15.3. The van der Waals surface area contributed by atoms with Crippen molar-refractivity contribution in [2.45, 2.75) is 33.6 Å². The first-order chi connectivity index (χ1) is 9.29. The Balaban J connectivity index is 3.11. The van der Waals surface area contributed by atoms with Gasteiger partial charge >= 0.3 is 5.97 Å². The van der Waals surface area contributed by atoms with Gasteiger partial charge in [-0.05, 0) is 44.4 Å². The normalized spacial score (nSPS) is 11.3. The molecule has 1 rings (SSSR count). The van der Waals surface area contributed by atoms with Crippen LogP contribution in [0.2, 0.25) is 0 Å². The van der Waals surface area contributed by atoms with Gasteiger partial charge in [-0.25, -0.2) is 8.42 Å². The van der Waals surface area contributed by atoms with Crippen molar-refractivity contribution in [3.63, 3.8) is 0 Å². The number of hydrogen-bond donors (Lipinski definition) is 1. The van der Waals surface area contributed by atoms with E-state index in [9.17, 15) is 13.2 Å². The number of sulfonamides is 1. The van der Waals surface area contributed by atoms with E-state index in [0.717, 1.165) is 11.1 Å². The molecule has 0 atom stereocenters. The summed E-state index contributed by atoms with van der Waals surface area (Å²) in [6.07, 6.45) is 0.253. The first-order valence-corrected chi connectivity index (χ1v) is 8.19. The highest BCUT2D eigenvalue weighted by molar-refractivity contribution is 7.92. The Bertz CT molecular complexity index is 581. The van der Waals surface area contributed by atoms with E-state index in [0.29, 0.717) is 12.1 Å². The van der Waals surface area contributed by atoms with Crippen molar-refractivity contribution < 1.29 is 18.3 Å². The lowest BCUT2D eigenvalue weighted by Crippen LogP contribution is -2.34. The van der Waals surface area contributed by atoms with Crippen LogP contribution in [0.4, 0.5) is 5.69 Å². The molecule has 5 nitrogen and oxygen atoms in total. The van der Waals surface area contributed by atoms with Gasteiger partial charge in [0.15, 0.2) is 0 Å². The maximum absolute atomic E-state index is 12.2. The maximum Gasteiger partial charge on any atom is 0.303 e.